The van der Waals surface area contributed by atoms with Gasteiger partial charge in [-0.1, -0.05) is 29.8 Å². The van der Waals surface area contributed by atoms with E-state index in [1.165, 1.54) is 0 Å². The summed E-state index contributed by atoms with van der Waals surface area (Å²) in [6.45, 7) is 4.65. The summed E-state index contributed by atoms with van der Waals surface area (Å²) in [5, 5.41) is 6.50. The van der Waals surface area contributed by atoms with Crippen molar-refractivity contribution >= 4 is 23.5 Å². The first-order chi connectivity index (χ1) is 10.5. The molecule has 22 heavy (non-hydrogen) atoms. The number of nitrogens with zero attached hydrogens (tertiary/aromatic N) is 1. The Balaban J connectivity index is 1.99. The van der Waals surface area contributed by atoms with Gasteiger partial charge in [0, 0.05) is 17.0 Å². The smallest absolute Gasteiger partial charge is 0.306 e. The van der Waals surface area contributed by atoms with Gasteiger partial charge in [-0.2, -0.15) is 0 Å². The molecule has 3 unspecified atom stereocenters. The fourth-order valence-corrected chi connectivity index (χ4v) is 3.85. The zero-order chi connectivity index (χ0) is 15.9. The topological polar surface area (TPSA) is 61.4 Å². The summed E-state index contributed by atoms with van der Waals surface area (Å²) in [6.07, 6.45) is 0.537. The minimum atomic E-state index is -0.325. The summed E-state index contributed by atoms with van der Waals surface area (Å²) in [6, 6.07) is 7.32. The third-order valence-electron chi connectivity index (χ3n) is 4.51. The van der Waals surface area contributed by atoms with Crippen molar-refractivity contribution in [3.05, 3.63) is 34.9 Å². The molecule has 2 aliphatic rings. The van der Waals surface area contributed by atoms with Crippen LogP contribution < -0.4 is 10.6 Å². The molecule has 0 aromatic heterocycles. The number of rotatable bonds is 2. The normalized spacial score (nSPS) is 28.5. The molecular formula is C16H20ClN3O2. The highest BCUT2D eigenvalue weighted by molar-refractivity contribution is 6.31. The summed E-state index contributed by atoms with van der Waals surface area (Å²) in [5.41, 5.74) is 0.980. The van der Waals surface area contributed by atoms with Crippen LogP contribution in [0.3, 0.4) is 0 Å². The molecule has 3 rings (SSSR count). The molecule has 2 fully saturated rings. The highest BCUT2D eigenvalue weighted by Crippen LogP contribution is 2.39. The van der Waals surface area contributed by atoms with E-state index in [1.807, 2.05) is 38.1 Å². The summed E-state index contributed by atoms with van der Waals surface area (Å²) >= 11 is 6.33. The summed E-state index contributed by atoms with van der Waals surface area (Å²) in [7, 11) is 0. The second-order valence-electron chi connectivity index (χ2n) is 6.14. The minimum Gasteiger partial charge on any atom is -0.306 e. The molecule has 2 heterocycles. The summed E-state index contributed by atoms with van der Waals surface area (Å²) < 4.78 is 0. The number of nitrogens with one attached hydrogen (secondary N) is 2. The molecule has 2 N–H and O–H groups in total. The zero-order valence-electron chi connectivity index (χ0n) is 12.7. The maximum absolute atomic E-state index is 12.5. The fourth-order valence-electron chi connectivity index (χ4n) is 3.57. The van der Waals surface area contributed by atoms with Crippen LogP contribution in [-0.4, -0.2) is 35.6 Å². The number of carbonyl (C=O) groups excluding carboxylic acids is 2. The third kappa shape index (κ3) is 2.48. The predicted octanol–water partition coefficient (Wildman–Crippen LogP) is 2.32. The molecule has 0 radical (unpaired) electrons. The summed E-state index contributed by atoms with van der Waals surface area (Å²) in [4.78, 5) is 26.3. The highest BCUT2D eigenvalue weighted by Gasteiger charge is 2.48. The van der Waals surface area contributed by atoms with Gasteiger partial charge in [0.15, 0.2) is 0 Å². The fraction of sp³-hybridized carbons (Fsp3) is 0.500. The van der Waals surface area contributed by atoms with Gasteiger partial charge in [-0.25, -0.2) is 4.79 Å². The molecule has 3 atom stereocenters. The van der Waals surface area contributed by atoms with Crippen LogP contribution in [-0.2, 0) is 4.79 Å². The van der Waals surface area contributed by atoms with Gasteiger partial charge in [0.1, 0.15) is 0 Å². The largest absolute Gasteiger partial charge is 0.325 e. The van der Waals surface area contributed by atoms with Crippen molar-refractivity contribution in [1.82, 2.24) is 15.5 Å². The number of urea groups is 1. The van der Waals surface area contributed by atoms with Crippen molar-refractivity contribution in [3.8, 4) is 0 Å². The first-order valence-electron chi connectivity index (χ1n) is 7.61. The van der Waals surface area contributed by atoms with Crippen LogP contribution >= 0.6 is 11.6 Å². The number of piperidine rings is 1. The van der Waals surface area contributed by atoms with E-state index in [1.54, 1.807) is 4.90 Å². The van der Waals surface area contributed by atoms with Crippen molar-refractivity contribution in [2.45, 2.75) is 38.4 Å². The van der Waals surface area contributed by atoms with E-state index in [4.69, 9.17) is 11.6 Å². The second kappa shape index (κ2) is 5.89. The van der Waals surface area contributed by atoms with E-state index in [-0.39, 0.29) is 36.0 Å². The quantitative estimate of drug-likeness (QED) is 0.878. The van der Waals surface area contributed by atoms with Gasteiger partial charge >= 0.3 is 6.03 Å². The van der Waals surface area contributed by atoms with Gasteiger partial charge in [0.05, 0.1) is 12.1 Å². The minimum absolute atomic E-state index is 0.00861. The first-order valence-corrected chi connectivity index (χ1v) is 7.99. The highest BCUT2D eigenvalue weighted by atomic mass is 35.5. The lowest BCUT2D eigenvalue weighted by Crippen LogP contribution is -2.69. The number of amides is 3. The lowest BCUT2D eigenvalue weighted by atomic mass is 9.77. The van der Waals surface area contributed by atoms with Crippen LogP contribution in [0.1, 0.15) is 31.7 Å². The van der Waals surface area contributed by atoms with Gasteiger partial charge in [-0.15, -0.1) is 0 Å². The lowest BCUT2D eigenvalue weighted by Gasteiger charge is -2.48. The van der Waals surface area contributed by atoms with Gasteiger partial charge in [0.25, 0.3) is 0 Å². The number of hydrogen-bond donors (Lipinski definition) is 2. The van der Waals surface area contributed by atoms with Crippen molar-refractivity contribution < 1.29 is 9.59 Å². The Hall–Kier alpha value is -1.59. The number of hydrogen-bond acceptors (Lipinski definition) is 3. The standard InChI is InChI=1S/C16H20ClN3O2/c1-9(2)20-14-13(15(21)19-16(20)22)11(7-8-18-14)10-5-3-4-6-12(10)17/h3-6,9,11,13-14,18H,7-8H2,1-2H3,(H,19,21,22). The second-order valence-corrected chi connectivity index (χ2v) is 6.54. The Bertz CT molecular complexity index is 605. The zero-order valence-corrected chi connectivity index (χ0v) is 13.4. The van der Waals surface area contributed by atoms with E-state index in [0.717, 1.165) is 18.5 Å². The third-order valence-corrected chi connectivity index (χ3v) is 4.85. The molecule has 0 aliphatic carbocycles. The lowest BCUT2D eigenvalue weighted by molar-refractivity contribution is -0.131. The van der Waals surface area contributed by atoms with Crippen LogP contribution in [0.15, 0.2) is 24.3 Å². The van der Waals surface area contributed by atoms with Gasteiger partial charge in [0.2, 0.25) is 5.91 Å². The number of benzene rings is 1. The van der Waals surface area contributed by atoms with Gasteiger partial charge in [-0.05, 0) is 38.4 Å². The van der Waals surface area contributed by atoms with Gasteiger partial charge in [-0.3, -0.25) is 15.4 Å². The maximum Gasteiger partial charge on any atom is 0.325 e. The Kier molecular flexibility index (Phi) is 4.10. The van der Waals surface area contributed by atoms with Crippen molar-refractivity contribution in [2.75, 3.05) is 6.54 Å². The number of imide groups is 1. The average Bonchev–Trinajstić information content (AvgIpc) is 2.46. The van der Waals surface area contributed by atoms with Crippen LogP contribution in [0.25, 0.3) is 0 Å². The van der Waals surface area contributed by atoms with E-state index in [9.17, 15) is 9.59 Å². The molecule has 0 spiro atoms. The monoisotopic (exact) mass is 321 g/mol. The predicted molar refractivity (Wildman–Crippen MR) is 84.6 cm³/mol. The first kappa shape index (κ1) is 15.3. The van der Waals surface area contributed by atoms with Crippen LogP contribution in [0.5, 0.6) is 0 Å². The molecule has 2 saturated heterocycles. The Labute approximate surface area is 135 Å². The van der Waals surface area contributed by atoms with Crippen molar-refractivity contribution in [1.29, 1.82) is 0 Å². The van der Waals surface area contributed by atoms with Crippen molar-refractivity contribution in [3.63, 3.8) is 0 Å². The number of halogens is 1. The van der Waals surface area contributed by atoms with Crippen LogP contribution in [0.4, 0.5) is 4.79 Å². The maximum atomic E-state index is 12.5. The SMILES string of the molecule is CC(C)N1C(=O)NC(=O)C2C(c3ccccc3Cl)CCNC21. The summed E-state index contributed by atoms with van der Waals surface area (Å²) in [5.74, 6) is -0.535. The molecule has 0 bridgehead atoms. The van der Waals surface area contributed by atoms with Crippen molar-refractivity contribution in [2.24, 2.45) is 5.92 Å². The molecule has 6 heteroatoms. The average molecular weight is 322 g/mol. The Morgan fingerprint density at radius 3 is 2.68 bits per heavy atom. The van der Waals surface area contributed by atoms with E-state index in [2.05, 4.69) is 10.6 Å². The number of fused-ring (bicyclic) bond motifs is 1. The molecule has 1 aromatic rings. The molecule has 3 amide bonds. The molecule has 0 saturated carbocycles. The Morgan fingerprint density at radius 1 is 1.27 bits per heavy atom. The van der Waals surface area contributed by atoms with Crippen LogP contribution in [0.2, 0.25) is 5.02 Å². The number of carbonyl (C=O) groups is 2. The molecule has 1 aromatic carbocycles. The Morgan fingerprint density at radius 2 is 2.00 bits per heavy atom. The van der Waals surface area contributed by atoms with E-state index < -0.39 is 0 Å². The van der Waals surface area contributed by atoms with E-state index in [0.29, 0.717) is 5.02 Å². The molecule has 2 aliphatic heterocycles. The van der Waals surface area contributed by atoms with E-state index >= 15 is 0 Å². The molecular weight excluding hydrogens is 302 g/mol. The van der Waals surface area contributed by atoms with Crippen LogP contribution in [0, 0.1) is 5.92 Å². The molecule has 5 nitrogen and oxygen atoms in total. The van der Waals surface area contributed by atoms with Gasteiger partial charge < -0.3 is 4.90 Å². The molecule has 118 valence electrons.